The average molecular weight is 680 g/mol. The predicted octanol–water partition coefficient (Wildman–Crippen LogP) is 8.30. The lowest BCUT2D eigenvalue weighted by Gasteiger charge is -2.19. The third kappa shape index (κ3) is 10.6. The van der Waals surface area contributed by atoms with Gasteiger partial charge in [0.25, 0.3) is 16.0 Å². The summed E-state index contributed by atoms with van der Waals surface area (Å²) in [7, 11) is -4.18. The number of rotatable bonds is 11. The molecule has 0 aliphatic heterocycles. The Morgan fingerprint density at radius 3 is 2.09 bits per heavy atom. The second-order valence-corrected chi connectivity index (χ2v) is 14.5. The van der Waals surface area contributed by atoms with Crippen LogP contribution in [0.5, 0.6) is 0 Å². The number of hydrogen-bond acceptors (Lipinski definition) is 4. The largest absolute Gasteiger partial charge is 0.351 e. The summed E-state index contributed by atoms with van der Waals surface area (Å²) in [6, 6.07) is 27.4. The lowest BCUT2D eigenvalue weighted by molar-refractivity contribution is -0.117. The van der Waals surface area contributed by atoms with Crippen molar-refractivity contribution in [3.8, 4) is 11.1 Å². The van der Waals surface area contributed by atoms with Gasteiger partial charge in [-0.05, 0) is 76.1 Å². The molecule has 2 amide bonds. The van der Waals surface area contributed by atoms with E-state index in [1.807, 2.05) is 42.5 Å². The van der Waals surface area contributed by atoms with Gasteiger partial charge in [-0.3, -0.25) is 14.1 Å². The summed E-state index contributed by atoms with van der Waals surface area (Å²) in [4.78, 5) is 26.3. The molecular formula is C36H36Cl2N2O5S. The van der Waals surface area contributed by atoms with Crippen molar-refractivity contribution in [1.29, 1.82) is 0 Å². The zero-order valence-electron chi connectivity index (χ0n) is 25.8. The molecule has 1 atom stereocenters. The molecule has 0 aliphatic carbocycles. The molecular weight excluding hydrogens is 643 g/mol. The van der Waals surface area contributed by atoms with Crippen LogP contribution in [-0.4, -0.2) is 37.1 Å². The Labute approximate surface area is 280 Å². The summed E-state index contributed by atoms with van der Waals surface area (Å²) in [5, 5.41) is 6.50. The maximum atomic E-state index is 13.8. The van der Waals surface area contributed by atoms with Gasteiger partial charge in [0.2, 0.25) is 5.91 Å². The van der Waals surface area contributed by atoms with E-state index in [1.54, 1.807) is 48.5 Å². The van der Waals surface area contributed by atoms with Crippen LogP contribution in [0.15, 0.2) is 97.1 Å². The van der Waals surface area contributed by atoms with Gasteiger partial charge in [-0.1, -0.05) is 111 Å². The van der Waals surface area contributed by atoms with E-state index in [0.29, 0.717) is 27.7 Å². The molecule has 3 N–H and O–H groups in total. The van der Waals surface area contributed by atoms with Gasteiger partial charge in [-0.2, -0.15) is 8.42 Å². The smallest absolute Gasteiger partial charge is 0.266 e. The second-order valence-electron chi connectivity index (χ2n) is 12.1. The number of nitrogens with one attached hydrogen (secondary N) is 2. The molecule has 10 heteroatoms. The van der Waals surface area contributed by atoms with Crippen molar-refractivity contribution in [2.45, 2.75) is 33.1 Å². The molecule has 0 aromatic heterocycles. The van der Waals surface area contributed by atoms with Crippen molar-refractivity contribution in [2.24, 2.45) is 5.41 Å². The minimum Gasteiger partial charge on any atom is -0.351 e. The Morgan fingerprint density at radius 2 is 1.50 bits per heavy atom. The van der Waals surface area contributed by atoms with E-state index in [2.05, 4.69) is 43.6 Å². The number of halogens is 2. The van der Waals surface area contributed by atoms with Gasteiger partial charge in [0.1, 0.15) is 0 Å². The third-order valence-electron chi connectivity index (χ3n) is 7.14. The molecule has 0 spiro atoms. The Hall–Kier alpha value is -3.95. The first-order valence-corrected chi connectivity index (χ1v) is 17.0. The molecule has 0 fully saturated rings. The summed E-state index contributed by atoms with van der Waals surface area (Å²) >= 11 is 12.7. The van der Waals surface area contributed by atoms with Crippen LogP contribution in [0.25, 0.3) is 17.2 Å². The second kappa shape index (κ2) is 15.1. The number of carbonyl (C=O) groups excluding carboxylic acids is 2. The SMILES string of the molecule is CC(C)(C)/C=C/c1ccc(C(Cc2ccc(C(=O)NCCS(=O)(=O)O)cc2)C(=O)Nc2ccc(-c3ccc(Cl)cc3)cc2Cl)cc1. The molecule has 4 aromatic carbocycles. The third-order valence-corrected chi connectivity index (χ3v) is 8.42. The van der Waals surface area contributed by atoms with Crippen molar-refractivity contribution in [3.63, 3.8) is 0 Å². The lowest BCUT2D eigenvalue weighted by atomic mass is 9.89. The van der Waals surface area contributed by atoms with Gasteiger partial charge < -0.3 is 10.6 Å². The molecule has 0 aliphatic rings. The maximum absolute atomic E-state index is 13.8. The molecule has 0 bridgehead atoms. The van der Waals surface area contributed by atoms with E-state index in [4.69, 9.17) is 27.8 Å². The maximum Gasteiger partial charge on any atom is 0.266 e. The fourth-order valence-electron chi connectivity index (χ4n) is 4.63. The van der Waals surface area contributed by atoms with E-state index >= 15 is 0 Å². The molecule has 7 nitrogen and oxygen atoms in total. The van der Waals surface area contributed by atoms with Gasteiger partial charge in [-0.25, -0.2) is 0 Å². The average Bonchev–Trinajstić information content (AvgIpc) is 3.00. The first-order valence-electron chi connectivity index (χ1n) is 14.6. The van der Waals surface area contributed by atoms with Crippen molar-refractivity contribution in [3.05, 3.63) is 129 Å². The van der Waals surface area contributed by atoms with Crippen LogP contribution in [0.2, 0.25) is 10.0 Å². The molecule has 240 valence electrons. The standard InChI is InChI=1S/C36H36Cl2N2O5S/c1-36(2,3)19-18-24-4-8-27(9-5-24)31(22-25-6-10-28(11-7-25)34(41)39-20-21-46(43,44)45)35(42)40-33-17-14-29(23-32(33)38)26-12-15-30(37)16-13-26/h4-19,23,31H,20-22H2,1-3H3,(H,39,41)(H,40,42)(H,43,44,45)/b19-18+. The molecule has 1 unspecified atom stereocenters. The van der Waals surface area contributed by atoms with E-state index in [9.17, 15) is 18.0 Å². The van der Waals surface area contributed by atoms with Crippen molar-refractivity contribution in [2.75, 3.05) is 17.6 Å². The highest BCUT2D eigenvalue weighted by Crippen LogP contribution is 2.31. The summed E-state index contributed by atoms with van der Waals surface area (Å²) < 4.78 is 30.8. The molecule has 4 aromatic rings. The summed E-state index contributed by atoms with van der Waals surface area (Å²) in [6.45, 7) is 6.16. The summed E-state index contributed by atoms with van der Waals surface area (Å²) in [6.07, 6.45) is 4.52. The van der Waals surface area contributed by atoms with E-state index < -0.39 is 27.7 Å². The lowest BCUT2D eigenvalue weighted by Crippen LogP contribution is -2.28. The van der Waals surface area contributed by atoms with Crippen molar-refractivity contribution in [1.82, 2.24) is 5.32 Å². The fraction of sp³-hybridized carbons (Fsp3) is 0.222. The van der Waals surface area contributed by atoms with Gasteiger partial charge in [0.05, 0.1) is 22.4 Å². The van der Waals surface area contributed by atoms with Crippen LogP contribution in [0.1, 0.15) is 53.7 Å². The van der Waals surface area contributed by atoms with Gasteiger partial charge in [-0.15, -0.1) is 0 Å². The van der Waals surface area contributed by atoms with E-state index in [0.717, 1.165) is 27.8 Å². The molecule has 4 rings (SSSR count). The summed E-state index contributed by atoms with van der Waals surface area (Å²) in [5.41, 5.74) is 5.31. The monoisotopic (exact) mass is 678 g/mol. The Balaban J connectivity index is 1.56. The Bertz CT molecular complexity index is 1810. The normalized spacial score (nSPS) is 12.6. The van der Waals surface area contributed by atoms with Gasteiger partial charge in [0, 0.05) is 17.1 Å². The summed E-state index contributed by atoms with van der Waals surface area (Å²) in [5.74, 6) is -1.87. The van der Waals surface area contributed by atoms with Gasteiger partial charge >= 0.3 is 0 Å². The number of allylic oxidation sites excluding steroid dienone is 1. The van der Waals surface area contributed by atoms with E-state index in [-0.39, 0.29) is 17.9 Å². The number of amides is 2. The fourth-order valence-corrected chi connectivity index (χ4v) is 5.34. The molecule has 0 radical (unpaired) electrons. The molecule has 0 saturated heterocycles. The predicted molar refractivity (Wildman–Crippen MR) is 187 cm³/mol. The molecule has 0 heterocycles. The Morgan fingerprint density at radius 1 is 0.870 bits per heavy atom. The minimum absolute atomic E-state index is 0.0308. The highest BCUT2D eigenvalue weighted by Gasteiger charge is 2.23. The van der Waals surface area contributed by atoms with Crippen molar-refractivity contribution < 1.29 is 22.6 Å². The van der Waals surface area contributed by atoms with Crippen LogP contribution in [0.3, 0.4) is 0 Å². The Kier molecular flexibility index (Phi) is 11.5. The van der Waals surface area contributed by atoms with E-state index in [1.165, 1.54) is 0 Å². The van der Waals surface area contributed by atoms with Crippen LogP contribution in [-0.2, 0) is 21.3 Å². The zero-order valence-corrected chi connectivity index (χ0v) is 28.1. The minimum atomic E-state index is -4.18. The topological polar surface area (TPSA) is 113 Å². The quantitative estimate of drug-likeness (QED) is 0.138. The first kappa shape index (κ1) is 34.9. The van der Waals surface area contributed by atoms with Crippen LogP contribution in [0, 0.1) is 5.41 Å². The number of anilines is 1. The zero-order chi connectivity index (χ0) is 33.5. The first-order chi connectivity index (χ1) is 21.7. The van der Waals surface area contributed by atoms with Crippen LogP contribution in [0.4, 0.5) is 5.69 Å². The van der Waals surface area contributed by atoms with Gasteiger partial charge in [0.15, 0.2) is 0 Å². The van der Waals surface area contributed by atoms with Crippen molar-refractivity contribution >= 4 is 56.9 Å². The number of hydrogen-bond donors (Lipinski definition) is 3. The van der Waals surface area contributed by atoms with Crippen LogP contribution < -0.4 is 10.6 Å². The highest BCUT2D eigenvalue weighted by molar-refractivity contribution is 7.85. The highest BCUT2D eigenvalue weighted by atomic mass is 35.5. The number of benzene rings is 4. The molecule has 46 heavy (non-hydrogen) atoms. The number of carbonyl (C=O) groups is 2. The van der Waals surface area contributed by atoms with Crippen LogP contribution >= 0.6 is 23.2 Å². The molecule has 0 saturated carbocycles.